The number of hydrogen-bond acceptors (Lipinski definition) is 5. The van der Waals surface area contributed by atoms with Crippen molar-refractivity contribution in [3.8, 4) is 0 Å². The van der Waals surface area contributed by atoms with Crippen LogP contribution < -0.4 is 5.32 Å². The summed E-state index contributed by atoms with van der Waals surface area (Å²) in [5.74, 6) is 0. The fourth-order valence-corrected chi connectivity index (χ4v) is 2.15. The highest BCUT2D eigenvalue weighted by atomic mass is 16.5. The molecule has 2 unspecified atom stereocenters. The molecule has 0 aromatic rings. The van der Waals surface area contributed by atoms with Gasteiger partial charge in [0.05, 0.1) is 25.4 Å². The van der Waals surface area contributed by atoms with Crippen LogP contribution in [0.2, 0.25) is 0 Å². The molecule has 0 aliphatic carbocycles. The van der Waals surface area contributed by atoms with Crippen molar-refractivity contribution in [1.82, 2.24) is 5.32 Å². The predicted octanol–water partition coefficient (Wildman–Crippen LogP) is 0.685. The van der Waals surface area contributed by atoms with E-state index in [1.165, 1.54) is 0 Å². The van der Waals surface area contributed by atoms with Gasteiger partial charge in [-0.25, -0.2) is 0 Å². The summed E-state index contributed by atoms with van der Waals surface area (Å²) in [5.41, 5.74) is 0. The minimum Gasteiger partial charge on any atom is -0.396 e. The molecule has 0 bridgehead atoms. The molecule has 1 heterocycles. The first-order valence-corrected chi connectivity index (χ1v) is 7.52. The average molecular weight is 275 g/mol. The third-order valence-electron chi connectivity index (χ3n) is 3.28. The number of ether oxygens (including phenoxy) is 2. The third kappa shape index (κ3) is 9.35. The lowest BCUT2D eigenvalue weighted by Gasteiger charge is -2.14. The Morgan fingerprint density at radius 2 is 2.11 bits per heavy atom. The first-order valence-electron chi connectivity index (χ1n) is 7.52. The Morgan fingerprint density at radius 3 is 2.84 bits per heavy atom. The lowest BCUT2D eigenvalue weighted by molar-refractivity contribution is -0.0163. The minimum absolute atomic E-state index is 0.228. The van der Waals surface area contributed by atoms with Crippen LogP contribution in [0, 0.1) is 0 Å². The molecule has 0 radical (unpaired) electrons. The van der Waals surface area contributed by atoms with Crippen molar-refractivity contribution in [2.75, 3.05) is 39.5 Å². The zero-order valence-corrected chi connectivity index (χ0v) is 11.9. The van der Waals surface area contributed by atoms with Gasteiger partial charge in [0.15, 0.2) is 0 Å². The molecule has 1 saturated heterocycles. The standard InChI is InChI=1S/C14H29NO4/c16-8-4-2-1-3-7-15-10-13(17)11-18-12-14-6-5-9-19-14/h13-17H,1-12H2. The lowest BCUT2D eigenvalue weighted by atomic mass is 10.2. The molecule has 0 spiro atoms. The van der Waals surface area contributed by atoms with E-state index in [0.29, 0.717) is 19.8 Å². The first kappa shape index (κ1) is 16.9. The van der Waals surface area contributed by atoms with E-state index < -0.39 is 6.10 Å². The second kappa shape index (κ2) is 11.6. The largest absolute Gasteiger partial charge is 0.396 e. The molecule has 5 nitrogen and oxygen atoms in total. The maximum Gasteiger partial charge on any atom is 0.0897 e. The van der Waals surface area contributed by atoms with E-state index in [0.717, 1.165) is 51.7 Å². The summed E-state index contributed by atoms with van der Waals surface area (Å²) in [4.78, 5) is 0. The van der Waals surface area contributed by atoms with Crippen molar-refractivity contribution in [2.24, 2.45) is 0 Å². The van der Waals surface area contributed by atoms with Gasteiger partial charge in [0.25, 0.3) is 0 Å². The summed E-state index contributed by atoms with van der Waals surface area (Å²) in [6.45, 7) is 3.58. The molecule has 114 valence electrons. The molecular formula is C14H29NO4. The highest BCUT2D eigenvalue weighted by molar-refractivity contribution is 4.65. The maximum absolute atomic E-state index is 9.70. The second-order valence-electron chi connectivity index (χ2n) is 5.17. The van der Waals surface area contributed by atoms with Crippen molar-refractivity contribution in [1.29, 1.82) is 0 Å². The van der Waals surface area contributed by atoms with Crippen LogP contribution in [0.3, 0.4) is 0 Å². The van der Waals surface area contributed by atoms with Crippen molar-refractivity contribution in [3.63, 3.8) is 0 Å². The zero-order chi connectivity index (χ0) is 13.8. The van der Waals surface area contributed by atoms with Gasteiger partial charge in [-0.15, -0.1) is 0 Å². The molecule has 0 saturated carbocycles. The van der Waals surface area contributed by atoms with Crippen LogP contribution in [0.25, 0.3) is 0 Å². The topological polar surface area (TPSA) is 71.0 Å². The molecule has 1 aliphatic heterocycles. The zero-order valence-electron chi connectivity index (χ0n) is 11.9. The quantitative estimate of drug-likeness (QED) is 0.457. The summed E-state index contributed by atoms with van der Waals surface area (Å²) in [5, 5.41) is 21.6. The highest BCUT2D eigenvalue weighted by Crippen LogP contribution is 2.11. The van der Waals surface area contributed by atoms with Crippen molar-refractivity contribution in [2.45, 2.75) is 50.7 Å². The van der Waals surface area contributed by atoms with Crippen molar-refractivity contribution < 1.29 is 19.7 Å². The average Bonchev–Trinajstić information content (AvgIpc) is 2.91. The predicted molar refractivity (Wildman–Crippen MR) is 74.2 cm³/mol. The second-order valence-corrected chi connectivity index (χ2v) is 5.17. The van der Waals surface area contributed by atoms with E-state index in [1.807, 2.05) is 0 Å². The van der Waals surface area contributed by atoms with E-state index in [4.69, 9.17) is 14.6 Å². The van der Waals surface area contributed by atoms with E-state index >= 15 is 0 Å². The van der Waals surface area contributed by atoms with E-state index in [-0.39, 0.29) is 12.7 Å². The molecule has 5 heteroatoms. The minimum atomic E-state index is -0.446. The number of unbranched alkanes of at least 4 members (excludes halogenated alkanes) is 3. The fraction of sp³-hybridized carbons (Fsp3) is 1.00. The Labute approximate surface area is 116 Å². The maximum atomic E-state index is 9.70. The highest BCUT2D eigenvalue weighted by Gasteiger charge is 2.15. The van der Waals surface area contributed by atoms with E-state index in [1.54, 1.807) is 0 Å². The van der Waals surface area contributed by atoms with Gasteiger partial charge in [-0.2, -0.15) is 0 Å². The van der Waals surface area contributed by atoms with Crippen LogP contribution in [-0.2, 0) is 9.47 Å². The summed E-state index contributed by atoms with van der Waals surface area (Å²) >= 11 is 0. The fourth-order valence-electron chi connectivity index (χ4n) is 2.15. The Balaban J connectivity index is 1.80. The number of rotatable bonds is 12. The molecule has 0 aromatic carbocycles. The molecule has 1 aliphatic rings. The van der Waals surface area contributed by atoms with Gasteiger partial charge in [0.1, 0.15) is 0 Å². The number of hydrogen-bond donors (Lipinski definition) is 3. The van der Waals surface area contributed by atoms with Gasteiger partial charge in [-0.3, -0.25) is 0 Å². The van der Waals surface area contributed by atoms with Crippen molar-refractivity contribution >= 4 is 0 Å². The third-order valence-corrected chi connectivity index (χ3v) is 3.28. The molecule has 19 heavy (non-hydrogen) atoms. The molecule has 1 rings (SSSR count). The van der Waals surface area contributed by atoms with E-state index in [9.17, 15) is 5.11 Å². The van der Waals surface area contributed by atoms with E-state index in [2.05, 4.69) is 5.32 Å². The molecule has 0 aromatic heterocycles. The van der Waals surface area contributed by atoms with Gasteiger partial charge in [0.2, 0.25) is 0 Å². The van der Waals surface area contributed by atoms with Gasteiger partial charge in [-0.1, -0.05) is 12.8 Å². The Hall–Kier alpha value is -0.200. The van der Waals surface area contributed by atoms with Gasteiger partial charge >= 0.3 is 0 Å². The van der Waals surface area contributed by atoms with Crippen LogP contribution in [0.1, 0.15) is 38.5 Å². The van der Waals surface area contributed by atoms with Crippen LogP contribution in [0.5, 0.6) is 0 Å². The van der Waals surface area contributed by atoms with Crippen LogP contribution in [0.4, 0.5) is 0 Å². The summed E-state index contributed by atoms with van der Waals surface area (Å²) in [6, 6.07) is 0. The van der Waals surface area contributed by atoms with Crippen LogP contribution >= 0.6 is 0 Å². The number of aliphatic hydroxyl groups is 2. The van der Waals surface area contributed by atoms with Gasteiger partial charge < -0.3 is 25.0 Å². The molecular weight excluding hydrogens is 246 g/mol. The molecule has 3 N–H and O–H groups in total. The molecule has 2 atom stereocenters. The van der Waals surface area contributed by atoms with Gasteiger partial charge in [-0.05, 0) is 32.2 Å². The Kier molecular flexibility index (Phi) is 10.3. The Bertz CT molecular complexity index is 198. The normalized spacial score (nSPS) is 20.8. The number of aliphatic hydroxyl groups excluding tert-OH is 2. The molecule has 1 fully saturated rings. The summed E-state index contributed by atoms with van der Waals surface area (Å²) < 4.78 is 10.9. The molecule has 0 amide bonds. The number of nitrogens with one attached hydrogen (secondary N) is 1. The SMILES string of the molecule is OCCCCCCNCC(O)COCC1CCCO1. The van der Waals surface area contributed by atoms with Crippen molar-refractivity contribution in [3.05, 3.63) is 0 Å². The first-order chi connectivity index (χ1) is 9.33. The van der Waals surface area contributed by atoms with Crippen LogP contribution in [-0.4, -0.2) is 61.9 Å². The Morgan fingerprint density at radius 1 is 1.26 bits per heavy atom. The monoisotopic (exact) mass is 275 g/mol. The van der Waals surface area contributed by atoms with Gasteiger partial charge in [0, 0.05) is 19.8 Å². The van der Waals surface area contributed by atoms with Crippen LogP contribution in [0.15, 0.2) is 0 Å². The summed E-state index contributed by atoms with van der Waals surface area (Å²) in [7, 11) is 0. The summed E-state index contributed by atoms with van der Waals surface area (Å²) in [6.07, 6.45) is 6.15. The lowest BCUT2D eigenvalue weighted by Crippen LogP contribution is -2.32. The smallest absolute Gasteiger partial charge is 0.0897 e.